The second kappa shape index (κ2) is 11.5. The largest absolute Gasteiger partial charge is 0.385 e. The second-order valence-corrected chi connectivity index (χ2v) is 6.08. The lowest BCUT2D eigenvalue weighted by atomic mass is 10.0. The summed E-state index contributed by atoms with van der Waals surface area (Å²) >= 11 is 0. The Bertz CT molecular complexity index is 209. The fourth-order valence-electron chi connectivity index (χ4n) is 2.83. The van der Waals surface area contributed by atoms with Gasteiger partial charge in [0.15, 0.2) is 0 Å². The Morgan fingerprint density at radius 3 is 2.00 bits per heavy atom. The van der Waals surface area contributed by atoms with E-state index in [9.17, 15) is 5.11 Å². The number of quaternary nitrogens is 1. The van der Waals surface area contributed by atoms with Crippen LogP contribution in [0.15, 0.2) is 0 Å². The molecule has 0 spiro atoms. The number of nitrogens with zero attached hydrogens (tertiary/aromatic N) is 1. The molecule has 1 N–H and O–H groups in total. The first kappa shape index (κ1) is 19.9. The lowest BCUT2D eigenvalue weighted by Crippen LogP contribution is -2.52. The van der Waals surface area contributed by atoms with Gasteiger partial charge in [0.05, 0.1) is 26.2 Å². The van der Waals surface area contributed by atoms with Crippen LogP contribution in [0.5, 0.6) is 0 Å². The number of rotatable bonds is 13. The van der Waals surface area contributed by atoms with Gasteiger partial charge in [0.2, 0.25) is 0 Å². The summed E-state index contributed by atoms with van der Waals surface area (Å²) < 4.78 is 6.75. The highest BCUT2D eigenvalue weighted by molar-refractivity contribution is 4.58. The molecule has 3 heteroatoms. The molecule has 2 atom stereocenters. The van der Waals surface area contributed by atoms with Crippen molar-refractivity contribution < 1.29 is 14.3 Å². The Hall–Kier alpha value is -0.120. The van der Waals surface area contributed by atoms with Crippen LogP contribution in [-0.4, -0.2) is 55.1 Å². The molecule has 0 aliphatic carbocycles. The predicted octanol–water partition coefficient (Wildman–Crippen LogP) is 3.46. The minimum absolute atomic E-state index is 0.335. The van der Waals surface area contributed by atoms with E-state index in [0.717, 1.165) is 37.3 Å². The van der Waals surface area contributed by atoms with Crippen LogP contribution in [0.1, 0.15) is 60.3 Å². The topological polar surface area (TPSA) is 29.5 Å². The van der Waals surface area contributed by atoms with Crippen molar-refractivity contribution in [3.63, 3.8) is 0 Å². The van der Waals surface area contributed by atoms with Crippen LogP contribution in [0, 0.1) is 5.92 Å². The molecule has 2 unspecified atom stereocenters. The number of ether oxygens (including phenoxy) is 1. The molecule has 0 aliphatic heterocycles. The van der Waals surface area contributed by atoms with Crippen molar-refractivity contribution >= 4 is 0 Å². The monoisotopic (exact) mass is 288 g/mol. The average Bonchev–Trinajstić information content (AvgIpc) is 2.48. The number of hydrogen-bond donors (Lipinski definition) is 1. The molecule has 0 aromatic rings. The van der Waals surface area contributed by atoms with Crippen LogP contribution in [0.4, 0.5) is 0 Å². The third-order valence-corrected chi connectivity index (χ3v) is 4.82. The lowest BCUT2D eigenvalue weighted by Gasteiger charge is -2.37. The number of hydrogen-bond acceptors (Lipinski definition) is 2. The molecule has 0 saturated heterocycles. The Balaban J connectivity index is 3.99. The summed E-state index contributed by atoms with van der Waals surface area (Å²) in [5.74, 6) is 0.657. The molecular formula is C17H38NO2+. The van der Waals surface area contributed by atoms with Gasteiger partial charge in [-0.2, -0.15) is 0 Å². The van der Waals surface area contributed by atoms with E-state index in [1.807, 2.05) is 0 Å². The fourth-order valence-corrected chi connectivity index (χ4v) is 2.83. The van der Waals surface area contributed by atoms with Crippen molar-refractivity contribution in [3.8, 4) is 0 Å². The first-order valence-corrected chi connectivity index (χ1v) is 8.68. The first-order valence-electron chi connectivity index (χ1n) is 8.68. The van der Waals surface area contributed by atoms with Gasteiger partial charge in [-0.1, -0.05) is 33.1 Å². The van der Waals surface area contributed by atoms with E-state index in [4.69, 9.17) is 4.74 Å². The SMILES string of the molecule is CCCCC(CC)COCC(O)C[N+](CC)(CC)CC. The molecular weight excluding hydrogens is 250 g/mol. The van der Waals surface area contributed by atoms with E-state index in [0.29, 0.717) is 12.5 Å². The molecule has 3 nitrogen and oxygen atoms in total. The van der Waals surface area contributed by atoms with Crippen LogP contribution in [0.25, 0.3) is 0 Å². The van der Waals surface area contributed by atoms with Crippen molar-refractivity contribution in [2.45, 2.75) is 66.4 Å². The summed E-state index contributed by atoms with van der Waals surface area (Å²) in [7, 11) is 0. The Morgan fingerprint density at radius 1 is 0.950 bits per heavy atom. The number of likely N-dealkylation sites (N-methyl/N-ethyl adjacent to an activating group) is 1. The molecule has 0 rings (SSSR count). The lowest BCUT2D eigenvalue weighted by molar-refractivity contribution is -0.926. The first-order chi connectivity index (χ1) is 9.57. The van der Waals surface area contributed by atoms with Crippen molar-refractivity contribution in [3.05, 3.63) is 0 Å². The Morgan fingerprint density at radius 2 is 1.55 bits per heavy atom. The maximum Gasteiger partial charge on any atom is 0.126 e. The minimum atomic E-state index is -0.335. The van der Waals surface area contributed by atoms with Gasteiger partial charge in [-0.15, -0.1) is 0 Å². The highest BCUT2D eigenvalue weighted by atomic mass is 16.5. The van der Waals surface area contributed by atoms with Crippen molar-refractivity contribution in [1.82, 2.24) is 0 Å². The quantitative estimate of drug-likeness (QED) is 0.526. The Kier molecular flexibility index (Phi) is 11.5. The van der Waals surface area contributed by atoms with Crippen LogP contribution >= 0.6 is 0 Å². The van der Waals surface area contributed by atoms with Gasteiger partial charge < -0.3 is 14.3 Å². The van der Waals surface area contributed by atoms with Gasteiger partial charge >= 0.3 is 0 Å². The van der Waals surface area contributed by atoms with Crippen molar-refractivity contribution in [1.29, 1.82) is 0 Å². The molecule has 0 aromatic heterocycles. The molecule has 0 aliphatic rings. The summed E-state index contributed by atoms with van der Waals surface area (Å²) in [6.07, 6.45) is 4.63. The van der Waals surface area contributed by atoms with E-state index in [1.165, 1.54) is 25.7 Å². The van der Waals surface area contributed by atoms with Crippen LogP contribution in [-0.2, 0) is 4.74 Å². The molecule has 0 saturated carbocycles. The molecule has 20 heavy (non-hydrogen) atoms. The van der Waals surface area contributed by atoms with E-state index < -0.39 is 0 Å². The second-order valence-electron chi connectivity index (χ2n) is 6.08. The number of aliphatic hydroxyl groups is 1. The van der Waals surface area contributed by atoms with Gasteiger partial charge in [0, 0.05) is 6.61 Å². The van der Waals surface area contributed by atoms with E-state index in [-0.39, 0.29) is 6.10 Å². The minimum Gasteiger partial charge on any atom is -0.385 e. The Labute approximate surface area is 126 Å². The average molecular weight is 288 g/mol. The van der Waals surface area contributed by atoms with Crippen LogP contribution in [0.3, 0.4) is 0 Å². The van der Waals surface area contributed by atoms with Crippen LogP contribution in [0.2, 0.25) is 0 Å². The zero-order valence-corrected chi connectivity index (χ0v) is 14.5. The zero-order valence-electron chi connectivity index (χ0n) is 14.5. The fraction of sp³-hybridized carbons (Fsp3) is 1.00. The van der Waals surface area contributed by atoms with Crippen molar-refractivity contribution in [2.75, 3.05) is 39.4 Å². The van der Waals surface area contributed by atoms with Gasteiger partial charge in [0.25, 0.3) is 0 Å². The predicted molar refractivity (Wildman–Crippen MR) is 86.9 cm³/mol. The normalized spacial score (nSPS) is 15.3. The van der Waals surface area contributed by atoms with E-state index in [2.05, 4.69) is 34.6 Å². The smallest absolute Gasteiger partial charge is 0.126 e. The molecule has 0 radical (unpaired) electrons. The highest BCUT2D eigenvalue weighted by Crippen LogP contribution is 2.13. The molecule has 0 amide bonds. The third kappa shape index (κ3) is 7.61. The molecule has 0 heterocycles. The van der Waals surface area contributed by atoms with Gasteiger partial charge in [-0.25, -0.2) is 0 Å². The van der Waals surface area contributed by atoms with Crippen LogP contribution < -0.4 is 0 Å². The van der Waals surface area contributed by atoms with Crippen molar-refractivity contribution in [2.24, 2.45) is 5.92 Å². The number of unbranched alkanes of at least 4 members (excludes halogenated alkanes) is 1. The summed E-state index contributed by atoms with van der Waals surface area (Å²) in [4.78, 5) is 0. The molecule has 0 aromatic carbocycles. The van der Waals surface area contributed by atoms with E-state index in [1.54, 1.807) is 0 Å². The summed E-state index contributed by atoms with van der Waals surface area (Å²) in [5.41, 5.74) is 0. The van der Waals surface area contributed by atoms with Gasteiger partial charge in [-0.3, -0.25) is 0 Å². The maximum absolute atomic E-state index is 10.2. The van der Waals surface area contributed by atoms with E-state index >= 15 is 0 Å². The summed E-state index contributed by atoms with van der Waals surface area (Å²) in [5, 5.41) is 10.2. The van der Waals surface area contributed by atoms with Gasteiger partial charge in [-0.05, 0) is 33.1 Å². The molecule has 0 fully saturated rings. The molecule has 122 valence electrons. The highest BCUT2D eigenvalue weighted by Gasteiger charge is 2.25. The molecule has 0 bridgehead atoms. The number of aliphatic hydroxyl groups excluding tert-OH is 1. The maximum atomic E-state index is 10.2. The summed E-state index contributed by atoms with van der Waals surface area (Å²) in [6, 6.07) is 0. The summed E-state index contributed by atoms with van der Waals surface area (Å²) in [6.45, 7) is 16.4. The third-order valence-electron chi connectivity index (χ3n) is 4.82. The zero-order chi connectivity index (χ0) is 15.4. The standard InChI is InChI=1S/C17H38NO2/c1-6-11-12-16(7-2)14-20-15-17(19)13-18(8-3,9-4)10-5/h16-17,19H,6-15H2,1-5H3/q+1. The van der Waals surface area contributed by atoms with Gasteiger partial charge in [0.1, 0.15) is 12.6 Å².